The number of hydrogen-bond acceptors (Lipinski definition) is 2. The third-order valence-electron chi connectivity index (χ3n) is 2.84. The lowest BCUT2D eigenvalue weighted by Gasteiger charge is -2.08. The summed E-state index contributed by atoms with van der Waals surface area (Å²) in [6.07, 6.45) is 0. The molecule has 0 aliphatic rings. The van der Waals surface area contributed by atoms with Crippen LogP contribution in [0.25, 0.3) is 0 Å². The zero-order chi connectivity index (χ0) is 15.8. The quantitative estimate of drug-likeness (QED) is 0.793. The molecule has 0 bridgehead atoms. The lowest BCUT2D eigenvalue weighted by Crippen LogP contribution is -2.38. The van der Waals surface area contributed by atoms with E-state index < -0.39 is 6.03 Å². The number of anilines is 1. The van der Waals surface area contributed by atoms with Crippen molar-refractivity contribution >= 4 is 17.6 Å². The second-order valence-corrected chi connectivity index (χ2v) is 4.58. The Morgan fingerprint density at radius 2 is 1.59 bits per heavy atom. The van der Waals surface area contributed by atoms with Crippen molar-refractivity contribution < 1.29 is 14.0 Å². The van der Waals surface area contributed by atoms with Crippen molar-refractivity contribution in [3.8, 4) is 0 Å². The smallest absolute Gasteiger partial charge is 0.319 e. The largest absolute Gasteiger partial charge is 0.350 e. The van der Waals surface area contributed by atoms with Crippen molar-refractivity contribution in [2.24, 2.45) is 0 Å². The summed E-state index contributed by atoms with van der Waals surface area (Å²) < 4.78 is 12.7. The minimum atomic E-state index is -0.455. The standard InChI is InChI=1S/C16H16FN3O2/c17-13-8-6-12(7-9-13)10-18-15(21)11-19-16(22)20-14-4-2-1-3-5-14/h1-9H,10-11H2,(H,18,21)(H2,19,20,22). The fourth-order valence-corrected chi connectivity index (χ4v) is 1.72. The normalized spacial score (nSPS) is 9.86. The van der Waals surface area contributed by atoms with Crippen LogP contribution in [0.2, 0.25) is 0 Å². The van der Waals surface area contributed by atoms with Gasteiger partial charge in [-0.25, -0.2) is 9.18 Å². The fourth-order valence-electron chi connectivity index (χ4n) is 1.72. The number of benzene rings is 2. The highest BCUT2D eigenvalue weighted by atomic mass is 19.1. The van der Waals surface area contributed by atoms with Crippen molar-refractivity contribution in [1.82, 2.24) is 10.6 Å². The molecule has 2 aromatic rings. The molecule has 5 nitrogen and oxygen atoms in total. The summed E-state index contributed by atoms with van der Waals surface area (Å²) in [6.45, 7) is 0.140. The van der Waals surface area contributed by atoms with Crippen molar-refractivity contribution in [2.45, 2.75) is 6.54 Å². The highest BCUT2D eigenvalue weighted by molar-refractivity contribution is 5.92. The summed E-state index contributed by atoms with van der Waals surface area (Å²) in [5.41, 5.74) is 1.43. The molecule has 0 atom stereocenters. The van der Waals surface area contributed by atoms with E-state index >= 15 is 0 Å². The molecule has 22 heavy (non-hydrogen) atoms. The summed E-state index contributed by atoms with van der Waals surface area (Å²) in [4.78, 5) is 23.2. The van der Waals surface area contributed by atoms with Gasteiger partial charge in [0, 0.05) is 12.2 Å². The van der Waals surface area contributed by atoms with Crippen LogP contribution in [0.3, 0.4) is 0 Å². The minimum absolute atomic E-state index is 0.139. The molecule has 0 aromatic heterocycles. The Balaban J connectivity index is 1.69. The summed E-state index contributed by atoms with van der Waals surface area (Å²) >= 11 is 0. The monoisotopic (exact) mass is 301 g/mol. The number of halogens is 1. The fraction of sp³-hybridized carbons (Fsp3) is 0.125. The van der Waals surface area contributed by atoms with Gasteiger partial charge in [-0.3, -0.25) is 4.79 Å². The number of nitrogens with one attached hydrogen (secondary N) is 3. The molecule has 0 spiro atoms. The Bertz CT molecular complexity index is 630. The molecule has 2 rings (SSSR count). The average molecular weight is 301 g/mol. The first kappa shape index (κ1) is 15.5. The number of para-hydroxylation sites is 1. The highest BCUT2D eigenvalue weighted by Gasteiger charge is 2.05. The predicted octanol–water partition coefficient (Wildman–Crippen LogP) is 2.26. The first-order chi connectivity index (χ1) is 10.6. The predicted molar refractivity (Wildman–Crippen MR) is 81.7 cm³/mol. The molecule has 0 fully saturated rings. The summed E-state index contributed by atoms with van der Waals surface area (Å²) in [5, 5.41) is 7.69. The van der Waals surface area contributed by atoms with E-state index in [0.29, 0.717) is 5.69 Å². The van der Waals surface area contributed by atoms with Crippen molar-refractivity contribution in [3.05, 3.63) is 66.0 Å². The SMILES string of the molecule is O=C(CNC(=O)Nc1ccccc1)NCc1ccc(F)cc1. The Kier molecular flexibility index (Phi) is 5.48. The van der Waals surface area contributed by atoms with Crippen molar-refractivity contribution in [2.75, 3.05) is 11.9 Å². The molecule has 0 unspecified atom stereocenters. The van der Waals surface area contributed by atoms with E-state index in [-0.39, 0.29) is 24.8 Å². The number of carbonyl (C=O) groups is 2. The van der Waals surface area contributed by atoms with Crippen LogP contribution in [-0.4, -0.2) is 18.5 Å². The molecule has 0 heterocycles. The summed E-state index contributed by atoms with van der Waals surface area (Å²) in [6, 6.07) is 14.3. The van der Waals surface area contributed by atoms with Crippen LogP contribution in [0.5, 0.6) is 0 Å². The molecule has 2 aromatic carbocycles. The minimum Gasteiger partial charge on any atom is -0.350 e. The van der Waals surface area contributed by atoms with Crippen LogP contribution in [0, 0.1) is 5.82 Å². The zero-order valence-electron chi connectivity index (χ0n) is 11.8. The molecule has 6 heteroatoms. The molecule has 3 amide bonds. The number of amides is 3. The molecular weight excluding hydrogens is 285 g/mol. The van der Waals surface area contributed by atoms with E-state index in [2.05, 4.69) is 16.0 Å². The Morgan fingerprint density at radius 3 is 2.27 bits per heavy atom. The van der Waals surface area contributed by atoms with Gasteiger partial charge in [0.15, 0.2) is 0 Å². The highest BCUT2D eigenvalue weighted by Crippen LogP contribution is 2.04. The van der Waals surface area contributed by atoms with Crippen LogP contribution >= 0.6 is 0 Å². The molecule has 0 aliphatic carbocycles. The van der Waals surface area contributed by atoms with E-state index in [0.717, 1.165) is 5.56 Å². The average Bonchev–Trinajstić information content (AvgIpc) is 2.53. The van der Waals surface area contributed by atoms with E-state index in [9.17, 15) is 14.0 Å². The summed E-state index contributed by atoms with van der Waals surface area (Å²) in [7, 11) is 0. The van der Waals surface area contributed by atoms with Crippen LogP contribution in [0.15, 0.2) is 54.6 Å². The first-order valence-electron chi connectivity index (χ1n) is 6.74. The lowest BCUT2D eigenvalue weighted by atomic mass is 10.2. The molecule has 3 N–H and O–H groups in total. The van der Waals surface area contributed by atoms with Crippen LogP contribution < -0.4 is 16.0 Å². The van der Waals surface area contributed by atoms with E-state index in [1.54, 1.807) is 36.4 Å². The van der Waals surface area contributed by atoms with Crippen LogP contribution in [0.4, 0.5) is 14.9 Å². The van der Waals surface area contributed by atoms with E-state index in [4.69, 9.17) is 0 Å². The molecule has 0 saturated heterocycles. The van der Waals surface area contributed by atoms with Gasteiger partial charge in [0.1, 0.15) is 5.82 Å². The number of carbonyl (C=O) groups excluding carboxylic acids is 2. The van der Waals surface area contributed by atoms with Crippen molar-refractivity contribution in [1.29, 1.82) is 0 Å². The van der Waals surface area contributed by atoms with Crippen molar-refractivity contribution in [3.63, 3.8) is 0 Å². The van der Waals surface area contributed by atoms with Gasteiger partial charge in [-0.2, -0.15) is 0 Å². The van der Waals surface area contributed by atoms with E-state index in [1.807, 2.05) is 6.07 Å². The van der Waals surface area contributed by atoms with Gasteiger partial charge in [-0.1, -0.05) is 30.3 Å². The van der Waals surface area contributed by atoms with Crippen LogP contribution in [0.1, 0.15) is 5.56 Å². The Hall–Kier alpha value is -2.89. The maximum absolute atomic E-state index is 12.7. The third-order valence-corrected chi connectivity index (χ3v) is 2.84. The topological polar surface area (TPSA) is 70.2 Å². The second-order valence-electron chi connectivity index (χ2n) is 4.58. The first-order valence-corrected chi connectivity index (χ1v) is 6.74. The number of rotatable bonds is 5. The third kappa shape index (κ3) is 5.24. The molecular formula is C16H16FN3O2. The van der Waals surface area contributed by atoms with E-state index in [1.165, 1.54) is 12.1 Å². The maximum Gasteiger partial charge on any atom is 0.319 e. The molecule has 114 valence electrons. The molecule has 0 aliphatic heterocycles. The number of hydrogen-bond donors (Lipinski definition) is 3. The molecule has 0 radical (unpaired) electrons. The zero-order valence-corrected chi connectivity index (χ0v) is 11.8. The second kappa shape index (κ2) is 7.78. The van der Waals surface area contributed by atoms with Gasteiger partial charge in [0.25, 0.3) is 0 Å². The lowest BCUT2D eigenvalue weighted by molar-refractivity contribution is -0.120. The maximum atomic E-state index is 12.7. The Labute approximate surface area is 127 Å². The van der Waals surface area contributed by atoms with Gasteiger partial charge < -0.3 is 16.0 Å². The van der Waals surface area contributed by atoms with Gasteiger partial charge in [-0.15, -0.1) is 0 Å². The Morgan fingerprint density at radius 1 is 0.909 bits per heavy atom. The summed E-state index contributed by atoms with van der Waals surface area (Å²) in [5.74, 6) is -0.651. The van der Waals surface area contributed by atoms with Crippen LogP contribution in [-0.2, 0) is 11.3 Å². The van der Waals surface area contributed by atoms with Gasteiger partial charge >= 0.3 is 6.03 Å². The molecule has 0 saturated carbocycles. The number of urea groups is 1. The van der Waals surface area contributed by atoms with Gasteiger partial charge in [-0.05, 0) is 29.8 Å². The van der Waals surface area contributed by atoms with Gasteiger partial charge in [0.05, 0.1) is 6.54 Å². The van der Waals surface area contributed by atoms with Gasteiger partial charge in [0.2, 0.25) is 5.91 Å².